The van der Waals surface area contributed by atoms with Gasteiger partial charge in [0.1, 0.15) is 5.82 Å². The van der Waals surface area contributed by atoms with Gasteiger partial charge in [0.2, 0.25) is 0 Å². The van der Waals surface area contributed by atoms with Gasteiger partial charge in [-0.05, 0) is 43.2 Å². The predicted molar refractivity (Wildman–Crippen MR) is 80.3 cm³/mol. The molecule has 2 aromatic rings. The molecule has 1 amide bonds. The number of halogens is 3. The summed E-state index contributed by atoms with van der Waals surface area (Å²) in [6.07, 6.45) is 0. The average molecular weight is 312 g/mol. The molecule has 0 saturated heterocycles. The van der Waals surface area contributed by atoms with Crippen molar-refractivity contribution < 1.29 is 9.18 Å². The number of carbonyl (C=O) groups excluding carboxylic acids is 1. The van der Waals surface area contributed by atoms with Gasteiger partial charge in [-0.3, -0.25) is 4.79 Å². The number of carbonyl (C=O) groups is 1. The van der Waals surface area contributed by atoms with Crippen LogP contribution in [0.15, 0.2) is 30.3 Å². The molecule has 0 aliphatic heterocycles. The van der Waals surface area contributed by atoms with Gasteiger partial charge in [-0.1, -0.05) is 35.3 Å². The second kappa shape index (κ2) is 5.81. The summed E-state index contributed by atoms with van der Waals surface area (Å²) in [5, 5.41) is 2.72. The third kappa shape index (κ3) is 2.94. The monoisotopic (exact) mass is 311 g/mol. The molecule has 0 atom stereocenters. The molecule has 2 nitrogen and oxygen atoms in total. The lowest BCUT2D eigenvalue weighted by molar-refractivity contribution is 0.102. The minimum atomic E-state index is -0.679. The first-order valence-corrected chi connectivity index (χ1v) is 6.68. The van der Waals surface area contributed by atoms with Gasteiger partial charge in [-0.2, -0.15) is 0 Å². The molecule has 0 fully saturated rings. The number of amides is 1. The van der Waals surface area contributed by atoms with Gasteiger partial charge in [0.25, 0.3) is 5.91 Å². The van der Waals surface area contributed by atoms with E-state index in [4.69, 9.17) is 23.2 Å². The van der Waals surface area contributed by atoms with Crippen LogP contribution in [0.3, 0.4) is 0 Å². The Bertz CT molecular complexity index is 686. The lowest BCUT2D eigenvalue weighted by atomic mass is 10.1. The number of anilines is 1. The highest BCUT2D eigenvalue weighted by atomic mass is 35.5. The summed E-state index contributed by atoms with van der Waals surface area (Å²) < 4.78 is 13.4. The summed E-state index contributed by atoms with van der Waals surface area (Å²) in [5.74, 6) is -1.15. The zero-order valence-electron chi connectivity index (χ0n) is 10.9. The molecule has 5 heteroatoms. The summed E-state index contributed by atoms with van der Waals surface area (Å²) in [4.78, 5) is 12.2. The molecule has 20 heavy (non-hydrogen) atoms. The van der Waals surface area contributed by atoms with Crippen LogP contribution in [0.5, 0.6) is 0 Å². The van der Waals surface area contributed by atoms with Crippen molar-refractivity contribution in [3.8, 4) is 0 Å². The normalized spacial score (nSPS) is 10.4. The zero-order chi connectivity index (χ0) is 14.9. The Morgan fingerprint density at radius 2 is 1.85 bits per heavy atom. The van der Waals surface area contributed by atoms with Gasteiger partial charge in [-0.25, -0.2) is 4.39 Å². The second-order valence-corrected chi connectivity index (χ2v) is 5.26. The number of hydrogen-bond acceptors (Lipinski definition) is 1. The Morgan fingerprint density at radius 3 is 2.55 bits per heavy atom. The fourth-order valence-electron chi connectivity index (χ4n) is 1.77. The highest BCUT2D eigenvalue weighted by Gasteiger charge is 2.15. The molecule has 0 heterocycles. The molecule has 0 aliphatic carbocycles. The molecule has 2 aromatic carbocycles. The molecule has 0 unspecified atom stereocenters. The van der Waals surface area contributed by atoms with Gasteiger partial charge in [-0.15, -0.1) is 0 Å². The molecule has 104 valence electrons. The van der Waals surface area contributed by atoms with E-state index in [0.717, 1.165) is 17.2 Å². The molecule has 0 spiro atoms. The van der Waals surface area contributed by atoms with Crippen LogP contribution in [0.4, 0.5) is 10.1 Å². The quantitative estimate of drug-likeness (QED) is 0.777. The van der Waals surface area contributed by atoms with E-state index in [9.17, 15) is 9.18 Å². The van der Waals surface area contributed by atoms with E-state index in [-0.39, 0.29) is 15.6 Å². The van der Waals surface area contributed by atoms with Crippen LogP contribution in [0, 0.1) is 19.7 Å². The standard InChI is InChI=1S/C15H12Cl2FNO/c1-8-4-3-5-14(9(8)2)19-15(20)10-6-13(18)12(17)7-11(10)16/h3-7H,1-2H3,(H,19,20). The van der Waals surface area contributed by atoms with E-state index in [0.29, 0.717) is 5.69 Å². The van der Waals surface area contributed by atoms with Crippen molar-refractivity contribution >= 4 is 34.8 Å². The first-order valence-electron chi connectivity index (χ1n) is 5.92. The number of aryl methyl sites for hydroxylation is 1. The van der Waals surface area contributed by atoms with Gasteiger partial charge in [0.05, 0.1) is 15.6 Å². The van der Waals surface area contributed by atoms with Crippen molar-refractivity contribution in [2.75, 3.05) is 5.32 Å². The van der Waals surface area contributed by atoms with Crippen molar-refractivity contribution in [1.82, 2.24) is 0 Å². The fraction of sp³-hybridized carbons (Fsp3) is 0.133. The van der Waals surface area contributed by atoms with Crippen molar-refractivity contribution in [2.45, 2.75) is 13.8 Å². The third-order valence-electron chi connectivity index (χ3n) is 3.11. The highest BCUT2D eigenvalue weighted by molar-refractivity contribution is 6.37. The molecular weight excluding hydrogens is 300 g/mol. The Labute approximate surface area is 126 Å². The van der Waals surface area contributed by atoms with Crippen molar-refractivity contribution in [2.24, 2.45) is 0 Å². The molecular formula is C15H12Cl2FNO. The van der Waals surface area contributed by atoms with Crippen molar-refractivity contribution in [3.63, 3.8) is 0 Å². The zero-order valence-corrected chi connectivity index (χ0v) is 12.4. The first kappa shape index (κ1) is 14.8. The Morgan fingerprint density at radius 1 is 1.15 bits per heavy atom. The summed E-state index contributed by atoms with van der Waals surface area (Å²) in [7, 11) is 0. The summed E-state index contributed by atoms with van der Waals surface area (Å²) in [6, 6.07) is 7.81. The van der Waals surface area contributed by atoms with Crippen LogP contribution >= 0.6 is 23.2 Å². The van der Waals surface area contributed by atoms with Crippen molar-refractivity contribution in [3.05, 3.63) is 62.9 Å². The Hall–Kier alpha value is -1.58. The maximum Gasteiger partial charge on any atom is 0.257 e. The lowest BCUT2D eigenvalue weighted by Gasteiger charge is -2.11. The second-order valence-electron chi connectivity index (χ2n) is 4.45. The topological polar surface area (TPSA) is 29.1 Å². The molecule has 0 aromatic heterocycles. The van der Waals surface area contributed by atoms with Crippen LogP contribution in [0.2, 0.25) is 10.0 Å². The Balaban J connectivity index is 2.33. The van der Waals surface area contributed by atoms with Crippen LogP contribution in [0.1, 0.15) is 21.5 Å². The van der Waals surface area contributed by atoms with Crippen LogP contribution in [-0.4, -0.2) is 5.91 Å². The van der Waals surface area contributed by atoms with E-state index in [1.54, 1.807) is 6.07 Å². The number of benzene rings is 2. The minimum absolute atomic E-state index is 0.0504. The van der Waals surface area contributed by atoms with Gasteiger partial charge >= 0.3 is 0 Å². The predicted octanol–water partition coefficient (Wildman–Crippen LogP) is 5.00. The van der Waals surface area contributed by atoms with E-state index < -0.39 is 11.7 Å². The molecule has 1 N–H and O–H groups in total. The van der Waals surface area contributed by atoms with E-state index in [2.05, 4.69) is 5.32 Å². The van der Waals surface area contributed by atoms with E-state index in [1.165, 1.54) is 6.07 Å². The Kier molecular flexibility index (Phi) is 4.31. The minimum Gasteiger partial charge on any atom is -0.322 e. The third-order valence-corrected chi connectivity index (χ3v) is 3.71. The van der Waals surface area contributed by atoms with Gasteiger partial charge in [0.15, 0.2) is 0 Å². The van der Waals surface area contributed by atoms with Crippen LogP contribution < -0.4 is 5.32 Å². The largest absolute Gasteiger partial charge is 0.322 e. The maximum absolute atomic E-state index is 13.4. The van der Waals surface area contributed by atoms with Crippen LogP contribution in [0.25, 0.3) is 0 Å². The number of hydrogen-bond donors (Lipinski definition) is 1. The molecule has 0 bridgehead atoms. The molecule has 0 saturated carbocycles. The molecule has 0 radical (unpaired) electrons. The maximum atomic E-state index is 13.4. The molecule has 2 rings (SSSR count). The summed E-state index contributed by atoms with van der Waals surface area (Å²) in [6.45, 7) is 3.84. The summed E-state index contributed by atoms with van der Waals surface area (Å²) in [5.41, 5.74) is 2.72. The highest BCUT2D eigenvalue weighted by Crippen LogP contribution is 2.26. The lowest BCUT2D eigenvalue weighted by Crippen LogP contribution is -2.14. The van der Waals surface area contributed by atoms with E-state index >= 15 is 0 Å². The fourth-order valence-corrected chi connectivity index (χ4v) is 2.24. The van der Waals surface area contributed by atoms with Crippen molar-refractivity contribution in [1.29, 1.82) is 0 Å². The SMILES string of the molecule is Cc1cccc(NC(=O)c2cc(F)c(Cl)cc2Cl)c1C. The van der Waals surface area contributed by atoms with Crippen LogP contribution in [-0.2, 0) is 0 Å². The average Bonchev–Trinajstić information content (AvgIpc) is 2.39. The summed E-state index contributed by atoms with van der Waals surface area (Å²) >= 11 is 11.5. The van der Waals surface area contributed by atoms with E-state index in [1.807, 2.05) is 26.0 Å². The smallest absolute Gasteiger partial charge is 0.257 e. The number of nitrogens with one attached hydrogen (secondary N) is 1. The van der Waals surface area contributed by atoms with Gasteiger partial charge < -0.3 is 5.32 Å². The first-order chi connectivity index (χ1) is 9.40. The van der Waals surface area contributed by atoms with Gasteiger partial charge in [0, 0.05) is 5.69 Å². The molecule has 0 aliphatic rings. The number of rotatable bonds is 2.